The van der Waals surface area contributed by atoms with Gasteiger partial charge in [0.1, 0.15) is 5.52 Å². The zero-order valence-corrected chi connectivity index (χ0v) is 13.4. The van der Waals surface area contributed by atoms with Crippen molar-refractivity contribution in [3.63, 3.8) is 0 Å². The lowest BCUT2D eigenvalue weighted by Gasteiger charge is -2.04. The van der Waals surface area contributed by atoms with Gasteiger partial charge in [0.15, 0.2) is 5.13 Å². The van der Waals surface area contributed by atoms with Crippen LogP contribution in [0, 0.1) is 0 Å². The number of aromatic nitrogens is 1. The zero-order valence-electron chi connectivity index (χ0n) is 10.4. The van der Waals surface area contributed by atoms with Crippen LogP contribution in [0.5, 0.6) is 0 Å². The minimum absolute atomic E-state index is 0.300. The topological polar surface area (TPSA) is 42.0 Å². The summed E-state index contributed by atoms with van der Waals surface area (Å²) in [7, 11) is 0. The highest BCUT2D eigenvalue weighted by Gasteiger charge is 2.14. The van der Waals surface area contributed by atoms with E-state index < -0.39 is 0 Å². The Balaban J connectivity index is 1.93. The number of rotatable bonds is 2. The maximum atomic E-state index is 12.2. The van der Waals surface area contributed by atoms with Gasteiger partial charge in [-0.3, -0.25) is 10.1 Å². The normalized spacial score (nSPS) is 10.8. The number of thiazole rings is 1. The summed E-state index contributed by atoms with van der Waals surface area (Å²) in [6, 6.07) is 10.2. The summed E-state index contributed by atoms with van der Waals surface area (Å²) in [6.07, 6.45) is 0. The lowest BCUT2D eigenvalue weighted by molar-refractivity contribution is 0.102. The largest absolute Gasteiger partial charge is 0.298 e. The number of para-hydroxylation sites is 1. The SMILES string of the molecule is O=C(Nc1nc2c(Cl)cccc2s1)c1cc(Cl)ccc1Cl. The van der Waals surface area contributed by atoms with Crippen LogP contribution in [0.3, 0.4) is 0 Å². The van der Waals surface area contributed by atoms with E-state index in [2.05, 4.69) is 10.3 Å². The minimum atomic E-state index is -0.363. The average molecular weight is 358 g/mol. The molecule has 3 rings (SSSR count). The van der Waals surface area contributed by atoms with Crippen molar-refractivity contribution in [2.24, 2.45) is 0 Å². The number of hydrogen-bond acceptors (Lipinski definition) is 3. The smallest absolute Gasteiger partial charge is 0.259 e. The highest BCUT2D eigenvalue weighted by molar-refractivity contribution is 7.22. The van der Waals surface area contributed by atoms with Crippen LogP contribution in [-0.4, -0.2) is 10.9 Å². The van der Waals surface area contributed by atoms with Crippen molar-refractivity contribution in [3.8, 4) is 0 Å². The molecule has 0 aliphatic rings. The molecule has 1 amide bonds. The van der Waals surface area contributed by atoms with Gasteiger partial charge in [0.05, 0.1) is 20.3 Å². The van der Waals surface area contributed by atoms with Gasteiger partial charge in [0, 0.05) is 5.02 Å². The Bertz CT molecular complexity index is 847. The molecule has 3 aromatic rings. The molecule has 21 heavy (non-hydrogen) atoms. The number of anilines is 1. The third kappa shape index (κ3) is 2.99. The fraction of sp³-hybridized carbons (Fsp3) is 0. The van der Waals surface area contributed by atoms with Gasteiger partial charge in [-0.15, -0.1) is 0 Å². The van der Waals surface area contributed by atoms with Crippen molar-refractivity contribution in [3.05, 3.63) is 57.0 Å². The van der Waals surface area contributed by atoms with E-state index in [-0.39, 0.29) is 5.91 Å². The van der Waals surface area contributed by atoms with E-state index in [1.54, 1.807) is 18.2 Å². The van der Waals surface area contributed by atoms with Crippen molar-refractivity contribution < 1.29 is 4.79 Å². The second kappa shape index (κ2) is 5.81. The molecule has 1 heterocycles. The van der Waals surface area contributed by atoms with Crippen molar-refractivity contribution in [2.75, 3.05) is 5.32 Å². The summed E-state index contributed by atoms with van der Waals surface area (Å²) >= 11 is 19.3. The van der Waals surface area contributed by atoms with Crippen molar-refractivity contribution in [1.29, 1.82) is 0 Å². The number of fused-ring (bicyclic) bond motifs is 1. The van der Waals surface area contributed by atoms with Crippen LogP contribution >= 0.6 is 46.1 Å². The van der Waals surface area contributed by atoms with E-state index in [1.807, 2.05) is 12.1 Å². The molecule has 0 atom stereocenters. The monoisotopic (exact) mass is 356 g/mol. The molecule has 0 unspecified atom stereocenters. The molecule has 7 heteroatoms. The number of carbonyl (C=O) groups excluding carboxylic acids is 1. The number of benzene rings is 2. The van der Waals surface area contributed by atoms with Crippen LogP contribution in [0.15, 0.2) is 36.4 Å². The van der Waals surface area contributed by atoms with Crippen molar-refractivity contribution >= 4 is 67.4 Å². The van der Waals surface area contributed by atoms with E-state index in [4.69, 9.17) is 34.8 Å². The van der Waals surface area contributed by atoms with Gasteiger partial charge < -0.3 is 0 Å². The van der Waals surface area contributed by atoms with Crippen LogP contribution in [0.1, 0.15) is 10.4 Å². The van der Waals surface area contributed by atoms with E-state index in [1.165, 1.54) is 17.4 Å². The highest BCUT2D eigenvalue weighted by atomic mass is 35.5. The molecule has 0 aliphatic heterocycles. The van der Waals surface area contributed by atoms with Crippen LogP contribution in [0.2, 0.25) is 15.1 Å². The van der Waals surface area contributed by atoms with Gasteiger partial charge in [-0.1, -0.05) is 52.2 Å². The van der Waals surface area contributed by atoms with E-state index >= 15 is 0 Å². The van der Waals surface area contributed by atoms with Crippen LogP contribution in [0.4, 0.5) is 5.13 Å². The third-order valence-corrected chi connectivity index (χ3v) is 4.57. The summed E-state index contributed by atoms with van der Waals surface area (Å²) in [4.78, 5) is 16.5. The van der Waals surface area contributed by atoms with Gasteiger partial charge in [0.25, 0.3) is 5.91 Å². The van der Waals surface area contributed by atoms with Gasteiger partial charge in [-0.05, 0) is 30.3 Å². The molecule has 106 valence electrons. The van der Waals surface area contributed by atoms with E-state index in [9.17, 15) is 4.79 Å². The number of amides is 1. The molecule has 0 radical (unpaired) electrons. The predicted octanol–water partition coefficient (Wildman–Crippen LogP) is 5.51. The van der Waals surface area contributed by atoms with Gasteiger partial charge in [0.2, 0.25) is 0 Å². The maximum absolute atomic E-state index is 12.2. The minimum Gasteiger partial charge on any atom is -0.298 e. The molecule has 0 saturated carbocycles. The number of carbonyl (C=O) groups is 1. The third-order valence-electron chi connectivity index (χ3n) is 2.76. The Morgan fingerprint density at radius 1 is 1.10 bits per heavy atom. The molecule has 0 spiro atoms. The van der Waals surface area contributed by atoms with Gasteiger partial charge in [-0.2, -0.15) is 0 Å². The standard InChI is InChI=1S/C14H7Cl3N2OS/c15-7-4-5-9(16)8(6-7)13(20)19-14-18-12-10(17)2-1-3-11(12)21-14/h1-6H,(H,18,19,20). The van der Waals surface area contributed by atoms with E-state index in [0.717, 1.165) is 4.70 Å². The molecular weight excluding hydrogens is 351 g/mol. The first-order chi connectivity index (χ1) is 10.0. The highest BCUT2D eigenvalue weighted by Crippen LogP contribution is 2.31. The molecule has 0 bridgehead atoms. The van der Waals surface area contributed by atoms with Gasteiger partial charge in [-0.25, -0.2) is 4.98 Å². The Morgan fingerprint density at radius 3 is 2.67 bits per heavy atom. The summed E-state index contributed by atoms with van der Waals surface area (Å²) < 4.78 is 0.898. The molecule has 1 aromatic heterocycles. The summed E-state index contributed by atoms with van der Waals surface area (Å²) in [5.41, 5.74) is 0.964. The maximum Gasteiger partial charge on any atom is 0.259 e. The fourth-order valence-electron chi connectivity index (χ4n) is 1.80. The molecule has 0 aliphatic carbocycles. The number of nitrogens with zero attached hydrogens (tertiary/aromatic N) is 1. The predicted molar refractivity (Wildman–Crippen MR) is 89.0 cm³/mol. The fourth-order valence-corrected chi connectivity index (χ4v) is 3.34. The zero-order chi connectivity index (χ0) is 15.0. The first-order valence-electron chi connectivity index (χ1n) is 5.86. The number of hydrogen-bond donors (Lipinski definition) is 1. The molecule has 1 N–H and O–H groups in total. The van der Waals surface area contributed by atoms with Crippen molar-refractivity contribution in [2.45, 2.75) is 0 Å². The lowest BCUT2D eigenvalue weighted by atomic mass is 10.2. The summed E-state index contributed by atoms with van der Waals surface area (Å²) in [6.45, 7) is 0. The van der Waals surface area contributed by atoms with Crippen LogP contribution in [0.25, 0.3) is 10.2 Å². The van der Waals surface area contributed by atoms with E-state index in [0.29, 0.717) is 31.3 Å². The quantitative estimate of drug-likeness (QED) is 0.657. The number of halogens is 3. The Labute approximate surface area is 139 Å². The first kappa shape index (κ1) is 14.6. The van der Waals surface area contributed by atoms with Crippen molar-refractivity contribution in [1.82, 2.24) is 4.98 Å². The average Bonchev–Trinajstić information content (AvgIpc) is 2.85. The Kier molecular flexibility index (Phi) is 4.04. The lowest BCUT2D eigenvalue weighted by Crippen LogP contribution is -2.12. The molecule has 0 fully saturated rings. The second-order valence-corrected chi connectivity index (χ2v) is 6.47. The molecule has 3 nitrogen and oxygen atoms in total. The molecule has 0 saturated heterocycles. The van der Waals surface area contributed by atoms with Crippen LogP contribution in [-0.2, 0) is 0 Å². The molecule has 2 aromatic carbocycles. The second-order valence-electron chi connectivity index (χ2n) is 4.18. The van der Waals surface area contributed by atoms with Crippen LogP contribution < -0.4 is 5.32 Å². The van der Waals surface area contributed by atoms with Gasteiger partial charge >= 0.3 is 0 Å². The molecular formula is C14H7Cl3N2OS. The summed E-state index contributed by atoms with van der Waals surface area (Å²) in [5, 5.41) is 4.48. The number of nitrogens with one attached hydrogen (secondary N) is 1. The Hall–Kier alpha value is -1.33. The Morgan fingerprint density at radius 2 is 1.90 bits per heavy atom. The summed E-state index contributed by atoms with van der Waals surface area (Å²) in [5.74, 6) is -0.363. The first-order valence-corrected chi connectivity index (χ1v) is 7.81.